The van der Waals surface area contributed by atoms with Crippen molar-refractivity contribution >= 4 is 23.5 Å². The topological polar surface area (TPSA) is 43.4 Å². The minimum Gasteiger partial charge on any atom is -0.458 e. The molecule has 3 nitrogen and oxygen atoms in total. The predicted molar refractivity (Wildman–Crippen MR) is 67.6 cm³/mol. The molecule has 1 aliphatic heterocycles. The van der Waals surface area contributed by atoms with Gasteiger partial charge < -0.3 is 4.74 Å². The maximum atomic E-state index is 11.8. The Morgan fingerprint density at radius 2 is 1.88 bits per heavy atom. The van der Waals surface area contributed by atoms with E-state index in [0.29, 0.717) is 11.1 Å². The second-order valence-corrected chi connectivity index (χ2v) is 5.17. The molecule has 1 saturated heterocycles. The molecule has 1 aliphatic rings. The van der Waals surface area contributed by atoms with Crippen molar-refractivity contribution in [3.8, 4) is 0 Å². The number of carbonyl (C=O) groups excluding carboxylic acids is 2. The largest absolute Gasteiger partial charge is 0.458 e. The van der Waals surface area contributed by atoms with Crippen LogP contribution in [0.15, 0.2) is 24.3 Å². The fourth-order valence-corrected chi connectivity index (χ4v) is 2.76. The number of hydrogen-bond donors (Lipinski definition) is 0. The van der Waals surface area contributed by atoms with E-state index in [1.165, 1.54) is 6.92 Å². The smallest absolute Gasteiger partial charge is 0.338 e. The summed E-state index contributed by atoms with van der Waals surface area (Å²) in [5, 5.41) is 0. The van der Waals surface area contributed by atoms with E-state index in [9.17, 15) is 9.59 Å². The normalized spacial score (nSPS) is 19.0. The van der Waals surface area contributed by atoms with Crippen molar-refractivity contribution in [2.75, 3.05) is 11.5 Å². The fourth-order valence-electron chi connectivity index (χ4n) is 1.67. The highest BCUT2D eigenvalue weighted by Crippen LogP contribution is 2.21. The molecule has 0 aromatic heterocycles. The first kappa shape index (κ1) is 12.2. The summed E-state index contributed by atoms with van der Waals surface area (Å²) in [4.78, 5) is 22.9. The van der Waals surface area contributed by atoms with Crippen LogP contribution in [0.4, 0.5) is 0 Å². The molecule has 0 unspecified atom stereocenters. The van der Waals surface area contributed by atoms with Crippen molar-refractivity contribution in [2.24, 2.45) is 0 Å². The lowest BCUT2D eigenvalue weighted by Crippen LogP contribution is -2.17. The summed E-state index contributed by atoms with van der Waals surface area (Å²) in [6, 6.07) is 6.59. The van der Waals surface area contributed by atoms with E-state index in [1.54, 1.807) is 36.0 Å². The van der Waals surface area contributed by atoms with Crippen LogP contribution in [0.1, 0.15) is 34.1 Å². The van der Waals surface area contributed by atoms with E-state index in [4.69, 9.17) is 4.74 Å². The number of esters is 1. The SMILES string of the molecule is CC(=O)c1ccc(C(=O)O[C@@H]2CCSC2)cc1. The number of rotatable bonds is 3. The second-order valence-electron chi connectivity index (χ2n) is 4.02. The molecular formula is C13H14O3S. The second kappa shape index (κ2) is 5.36. The number of ketones is 1. The number of Topliss-reactive ketones (excluding diaryl/α,β-unsaturated/α-hetero) is 1. The molecule has 1 atom stereocenters. The lowest BCUT2D eigenvalue weighted by Gasteiger charge is -2.10. The summed E-state index contributed by atoms with van der Waals surface area (Å²) >= 11 is 1.80. The van der Waals surface area contributed by atoms with Crippen molar-refractivity contribution in [3.05, 3.63) is 35.4 Å². The van der Waals surface area contributed by atoms with E-state index in [1.807, 2.05) is 0 Å². The number of benzene rings is 1. The third kappa shape index (κ3) is 3.09. The highest BCUT2D eigenvalue weighted by atomic mass is 32.2. The molecule has 0 saturated carbocycles. The zero-order chi connectivity index (χ0) is 12.3. The van der Waals surface area contributed by atoms with E-state index >= 15 is 0 Å². The van der Waals surface area contributed by atoms with Crippen LogP contribution in [0.5, 0.6) is 0 Å². The van der Waals surface area contributed by atoms with Gasteiger partial charge in [0.25, 0.3) is 0 Å². The van der Waals surface area contributed by atoms with Gasteiger partial charge in [0.1, 0.15) is 6.10 Å². The first-order chi connectivity index (χ1) is 8.16. The summed E-state index contributed by atoms with van der Waals surface area (Å²) < 4.78 is 5.35. The first-order valence-electron chi connectivity index (χ1n) is 5.56. The Hall–Kier alpha value is -1.29. The van der Waals surface area contributed by atoms with Crippen LogP contribution >= 0.6 is 11.8 Å². The maximum Gasteiger partial charge on any atom is 0.338 e. The molecule has 0 N–H and O–H groups in total. The fraction of sp³-hybridized carbons (Fsp3) is 0.385. The molecule has 1 fully saturated rings. The maximum absolute atomic E-state index is 11.8. The van der Waals surface area contributed by atoms with Gasteiger partial charge in [-0.2, -0.15) is 11.8 Å². The van der Waals surface area contributed by atoms with E-state index in [-0.39, 0.29) is 17.9 Å². The van der Waals surface area contributed by atoms with Crippen LogP contribution in [0.2, 0.25) is 0 Å². The molecule has 0 aliphatic carbocycles. The number of hydrogen-bond acceptors (Lipinski definition) is 4. The molecule has 1 heterocycles. The molecule has 0 radical (unpaired) electrons. The number of thioether (sulfide) groups is 1. The average molecular weight is 250 g/mol. The zero-order valence-corrected chi connectivity index (χ0v) is 10.5. The van der Waals surface area contributed by atoms with Gasteiger partial charge in [-0.15, -0.1) is 0 Å². The third-order valence-corrected chi connectivity index (χ3v) is 3.82. The lowest BCUT2D eigenvalue weighted by molar-refractivity contribution is 0.0356. The minimum atomic E-state index is -0.299. The van der Waals surface area contributed by atoms with Gasteiger partial charge in [0.05, 0.1) is 5.56 Å². The first-order valence-corrected chi connectivity index (χ1v) is 6.72. The van der Waals surface area contributed by atoms with Crippen LogP contribution in [-0.4, -0.2) is 29.4 Å². The summed E-state index contributed by atoms with van der Waals surface area (Å²) in [5.41, 5.74) is 1.12. The Kier molecular flexibility index (Phi) is 3.84. The third-order valence-electron chi connectivity index (χ3n) is 2.69. The van der Waals surface area contributed by atoms with E-state index in [2.05, 4.69) is 0 Å². The van der Waals surface area contributed by atoms with Crippen molar-refractivity contribution in [1.82, 2.24) is 0 Å². The van der Waals surface area contributed by atoms with Crippen molar-refractivity contribution in [1.29, 1.82) is 0 Å². The Labute approximate surface area is 105 Å². The van der Waals surface area contributed by atoms with Crippen LogP contribution in [0.3, 0.4) is 0 Å². The van der Waals surface area contributed by atoms with Crippen LogP contribution in [-0.2, 0) is 4.74 Å². The van der Waals surface area contributed by atoms with Gasteiger partial charge in [-0.25, -0.2) is 4.79 Å². The monoisotopic (exact) mass is 250 g/mol. The Morgan fingerprint density at radius 1 is 1.24 bits per heavy atom. The summed E-state index contributed by atoms with van der Waals surface area (Å²) in [5.74, 6) is 1.64. The zero-order valence-electron chi connectivity index (χ0n) is 9.64. The number of ether oxygens (including phenoxy) is 1. The molecule has 0 amide bonds. The Balaban J connectivity index is 2.01. The number of carbonyl (C=O) groups is 2. The van der Waals surface area contributed by atoms with Crippen molar-refractivity contribution < 1.29 is 14.3 Å². The molecule has 90 valence electrons. The van der Waals surface area contributed by atoms with E-state index in [0.717, 1.165) is 17.9 Å². The predicted octanol–water partition coefficient (Wildman–Crippen LogP) is 2.55. The van der Waals surface area contributed by atoms with Crippen molar-refractivity contribution in [3.63, 3.8) is 0 Å². The average Bonchev–Trinajstić information content (AvgIpc) is 2.82. The van der Waals surface area contributed by atoms with Gasteiger partial charge in [0.2, 0.25) is 0 Å². The Bertz CT molecular complexity index is 419. The molecule has 1 aromatic rings. The van der Waals surface area contributed by atoms with Gasteiger partial charge in [-0.1, -0.05) is 12.1 Å². The van der Waals surface area contributed by atoms with Crippen LogP contribution in [0.25, 0.3) is 0 Å². The van der Waals surface area contributed by atoms with Gasteiger partial charge >= 0.3 is 5.97 Å². The lowest BCUT2D eigenvalue weighted by atomic mass is 10.1. The van der Waals surface area contributed by atoms with Gasteiger partial charge in [0.15, 0.2) is 5.78 Å². The summed E-state index contributed by atoms with van der Waals surface area (Å²) in [7, 11) is 0. The Morgan fingerprint density at radius 3 is 2.41 bits per heavy atom. The van der Waals surface area contributed by atoms with Crippen molar-refractivity contribution in [2.45, 2.75) is 19.4 Å². The highest BCUT2D eigenvalue weighted by molar-refractivity contribution is 7.99. The van der Waals surface area contributed by atoms with Gasteiger partial charge in [-0.3, -0.25) is 4.79 Å². The van der Waals surface area contributed by atoms with Gasteiger partial charge in [-0.05, 0) is 31.2 Å². The molecule has 0 bridgehead atoms. The molecule has 4 heteroatoms. The molecule has 1 aromatic carbocycles. The van der Waals surface area contributed by atoms with Gasteiger partial charge in [0, 0.05) is 11.3 Å². The van der Waals surface area contributed by atoms with Crippen LogP contribution in [0, 0.1) is 0 Å². The summed E-state index contributed by atoms with van der Waals surface area (Å²) in [6.45, 7) is 1.50. The minimum absolute atomic E-state index is 0.00268. The standard InChI is InChI=1S/C13H14O3S/c1-9(14)10-2-4-11(5-3-10)13(15)16-12-6-7-17-8-12/h2-5,12H,6-8H2,1H3/t12-/m1/s1. The van der Waals surface area contributed by atoms with E-state index < -0.39 is 0 Å². The molecular weight excluding hydrogens is 236 g/mol. The van der Waals surface area contributed by atoms with Crippen LogP contribution < -0.4 is 0 Å². The molecule has 17 heavy (non-hydrogen) atoms. The molecule has 2 rings (SSSR count). The summed E-state index contributed by atoms with van der Waals surface area (Å²) in [6.07, 6.45) is 0.974. The quantitative estimate of drug-likeness (QED) is 0.611. The molecule has 0 spiro atoms. The highest BCUT2D eigenvalue weighted by Gasteiger charge is 2.20.